The molecule has 5 N–H and O–H groups in total. The molecule has 7 heteroatoms. The predicted molar refractivity (Wildman–Crippen MR) is 59.9 cm³/mol. The Kier molecular flexibility index (Phi) is 2.38. The summed E-state index contributed by atoms with van der Waals surface area (Å²) in [6.07, 6.45) is 0.345. The first kappa shape index (κ1) is 12.4. The summed E-state index contributed by atoms with van der Waals surface area (Å²) < 4.78 is 0. The molecule has 0 aliphatic carbocycles. The third-order valence-electron chi connectivity index (χ3n) is 3.72. The fourth-order valence-corrected chi connectivity index (χ4v) is 3.01. The Morgan fingerprint density at radius 2 is 2.11 bits per heavy atom. The summed E-state index contributed by atoms with van der Waals surface area (Å²) in [7, 11) is 0. The van der Waals surface area contributed by atoms with E-state index in [1.807, 2.05) is 6.07 Å². The van der Waals surface area contributed by atoms with Crippen LogP contribution in [0.15, 0.2) is 11.4 Å². The number of nitrogens with zero attached hydrogens (tertiary/aromatic N) is 1. The first-order valence-electron chi connectivity index (χ1n) is 5.59. The molecule has 0 bridgehead atoms. The van der Waals surface area contributed by atoms with E-state index in [9.17, 15) is 14.7 Å². The van der Waals surface area contributed by atoms with E-state index in [1.165, 1.54) is 6.92 Å². The molecule has 2 aliphatic rings. The molecule has 0 radical (unpaired) electrons. The van der Waals surface area contributed by atoms with Gasteiger partial charge in [0, 0.05) is 5.92 Å². The third-order valence-corrected chi connectivity index (χ3v) is 3.72. The summed E-state index contributed by atoms with van der Waals surface area (Å²) in [5.41, 5.74) is 2.19. The lowest BCUT2D eigenvalue weighted by Gasteiger charge is -2.30. The molecule has 1 spiro atoms. The molecule has 1 fully saturated rings. The highest BCUT2D eigenvalue weighted by Gasteiger charge is 2.68. The quantitative estimate of drug-likeness (QED) is 0.428. The number of nitriles is 1. The lowest BCUT2D eigenvalue weighted by molar-refractivity contribution is -0.138. The number of carbonyl (C=O) groups excluding carboxylic acids is 2. The Morgan fingerprint density at radius 1 is 1.50 bits per heavy atom. The number of aliphatic hydroxyl groups is 1. The zero-order chi connectivity index (χ0) is 13.7. The van der Waals surface area contributed by atoms with Gasteiger partial charge in [-0.15, -0.1) is 0 Å². The fourth-order valence-electron chi connectivity index (χ4n) is 3.01. The normalized spacial score (nSPS) is 38.9. The molecule has 7 nitrogen and oxygen atoms in total. The number of nitrogens with one attached hydrogen (secondary N) is 2. The van der Waals surface area contributed by atoms with E-state index in [1.54, 1.807) is 6.92 Å². The smallest absolute Gasteiger partial charge is 0.247 e. The van der Waals surface area contributed by atoms with Crippen LogP contribution in [-0.2, 0) is 9.59 Å². The van der Waals surface area contributed by atoms with Gasteiger partial charge in [0.1, 0.15) is 17.6 Å². The molecular formula is C11H14N4O3. The lowest BCUT2D eigenvalue weighted by Crippen LogP contribution is -2.46. The lowest BCUT2D eigenvalue weighted by atomic mass is 9.68. The fraction of sp³-hybridized carbons (Fsp3) is 0.545. The van der Waals surface area contributed by atoms with Crippen LogP contribution in [0.1, 0.15) is 20.3 Å². The van der Waals surface area contributed by atoms with Crippen LogP contribution in [0.5, 0.6) is 0 Å². The van der Waals surface area contributed by atoms with Crippen molar-refractivity contribution < 1.29 is 14.7 Å². The molecule has 0 unspecified atom stereocenters. The molecule has 0 aromatic carbocycles. The van der Waals surface area contributed by atoms with Crippen LogP contribution in [-0.4, -0.2) is 22.6 Å². The molecule has 2 rings (SSSR count). The molecule has 0 aromatic rings. The van der Waals surface area contributed by atoms with Crippen molar-refractivity contribution in [3.05, 3.63) is 11.4 Å². The number of rotatable bonds is 1. The van der Waals surface area contributed by atoms with Crippen molar-refractivity contribution in [1.29, 1.82) is 5.26 Å². The van der Waals surface area contributed by atoms with Crippen LogP contribution in [0.2, 0.25) is 0 Å². The Bertz CT molecular complexity index is 517. The molecule has 96 valence electrons. The number of nitrogens with two attached hydrogens (primary N) is 1. The van der Waals surface area contributed by atoms with Gasteiger partial charge in [0.05, 0.1) is 5.57 Å². The highest BCUT2D eigenvalue weighted by molar-refractivity contribution is 6.13. The van der Waals surface area contributed by atoms with Crippen molar-refractivity contribution >= 4 is 11.8 Å². The van der Waals surface area contributed by atoms with Crippen molar-refractivity contribution in [1.82, 2.24) is 10.6 Å². The summed E-state index contributed by atoms with van der Waals surface area (Å²) in [5, 5.41) is 24.0. The zero-order valence-electron chi connectivity index (χ0n) is 10.1. The van der Waals surface area contributed by atoms with Crippen molar-refractivity contribution in [3.8, 4) is 6.07 Å². The standard InChI is InChI=1S/C11H14N4O3/c1-3-6-10(2,18)15-9(17)11(6)5(4-12)7(13)14-8(11)16/h6,18H,3,13H2,1-2H3,(H,14,16)(H,15,17)/t6-,10+,11-/m1/s1. The van der Waals surface area contributed by atoms with E-state index in [0.717, 1.165) is 0 Å². The molecular weight excluding hydrogens is 236 g/mol. The highest BCUT2D eigenvalue weighted by Crippen LogP contribution is 2.50. The minimum Gasteiger partial charge on any atom is -0.384 e. The summed E-state index contributed by atoms with van der Waals surface area (Å²) >= 11 is 0. The zero-order valence-corrected chi connectivity index (χ0v) is 10.1. The van der Waals surface area contributed by atoms with Gasteiger partial charge in [0.2, 0.25) is 11.8 Å². The van der Waals surface area contributed by atoms with Gasteiger partial charge in [0.15, 0.2) is 5.41 Å². The Hall–Kier alpha value is -2.07. The highest BCUT2D eigenvalue weighted by atomic mass is 16.3. The molecule has 2 amide bonds. The van der Waals surface area contributed by atoms with E-state index in [4.69, 9.17) is 11.0 Å². The van der Waals surface area contributed by atoms with Gasteiger partial charge in [0.25, 0.3) is 0 Å². The Labute approximate surface area is 104 Å². The third kappa shape index (κ3) is 1.15. The average molecular weight is 250 g/mol. The van der Waals surface area contributed by atoms with Gasteiger partial charge in [-0.3, -0.25) is 9.59 Å². The minimum absolute atomic E-state index is 0.116. The summed E-state index contributed by atoms with van der Waals surface area (Å²) in [4.78, 5) is 24.2. The van der Waals surface area contributed by atoms with Crippen LogP contribution < -0.4 is 16.4 Å². The van der Waals surface area contributed by atoms with Crippen molar-refractivity contribution in [2.24, 2.45) is 17.1 Å². The van der Waals surface area contributed by atoms with E-state index >= 15 is 0 Å². The molecule has 3 atom stereocenters. The molecule has 0 aromatic heterocycles. The van der Waals surface area contributed by atoms with E-state index in [2.05, 4.69) is 10.6 Å². The number of carbonyl (C=O) groups is 2. The first-order valence-corrected chi connectivity index (χ1v) is 5.59. The maximum absolute atomic E-state index is 12.1. The molecule has 2 aliphatic heterocycles. The summed E-state index contributed by atoms with van der Waals surface area (Å²) in [6, 6.07) is 1.81. The maximum atomic E-state index is 12.1. The second kappa shape index (κ2) is 3.46. The van der Waals surface area contributed by atoms with Crippen molar-refractivity contribution in [2.75, 3.05) is 0 Å². The first-order chi connectivity index (χ1) is 8.32. The number of hydrogen-bond acceptors (Lipinski definition) is 5. The van der Waals surface area contributed by atoms with Crippen LogP contribution >= 0.6 is 0 Å². The van der Waals surface area contributed by atoms with Crippen LogP contribution in [0.4, 0.5) is 0 Å². The van der Waals surface area contributed by atoms with Crippen LogP contribution in [0.3, 0.4) is 0 Å². The van der Waals surface area contributed by atoms with E-state index < -0.39 is 28.9 Å². The Morgan fingerprint density at radius 3 is 2.61 bits per heavy atom. The van der Waals surface area contributed by atoms with Gasteiger partial charge in [-0.1, -0.05) is 6.92 Å². The van der Waals surface area contributed by atoms with Crippen LogP contribution in [0.25, 0.3) is 0 Å². The van der Waals surface area contributed by atoms with E-state index in [0.29, 0.717) is 6.42 Å². The minimum atomic E-state index is -1.71. The summed E-state index contributed by atoms with van der Waals surface area (Å²) in [6.45, 7) is 3.14. The molecule has 2 heterocycles. The Balaban J connectivity index is 2.70. The molecule has 18 heavy (non-hydrogen) atoms. The van der Waals surface area contributed by atoms with Crippen molar-refractivity contribution in [2.45, 2.75) is 26.0 Å². The van der Waals surface area contributed by atoms with Gasteiger partial charge in [-0.25, -0.2) is 0 Å². The number of hydrogen-bond donors (Lipinski definition) is 4. The predicted octanol–water partition coefficient (Wildman–Crippen LogP) is -1.34. The van der Waals surface area contributed by atoms with Gasteiger partial charge >= 0.3 is 0 Å². The topological polar surface area (TPSA) is 128 Å². The van der Waals surface area contributed by atoms with Crippen molar-refractivity contribution in [3.63, 3.8) is 0 Å². The maximum Gasteiger partial charge on any atom is 0.247 e. The van der Waals surface area contributed by atoms with Crippen LogP contribution in [0, 0.1) is 22.7 Å². The van der Waals surface area contributed by atoms with E-state index in [-0.39, 0.29) is 11.4 Å². The van der Waals surface area contributed by atoms with Gasteiger partial charge < -0.3 is 21.5 Å². The second-order valence-corrected chi connectivity index (χ2v) is 4.73. The largest absolute Gasteiger partial charge is 0.384 e. The molecule has 0 saturated carbocycles. The SMILES string of the molecule is CC[C@H]1[C@]2(C(=O)NC(N)=C2C#N)C(=O)N[C@@]1(C)O. The number of amides is 2. The van der Waals surface area contributed by atoms with Gasteiger partial charge in [-0.2, -0.15) is 5.26 Å². The monoisotopic (exact) mass is 250 g/mol. The second-order valence-electron chi connectivity index (χ2n) is 4.73. The average Bonchev–Trinajstić information content (AvgIpc) is 2.61. The van der Waals surface area contributed by atoms with Gasteiger partial charge in [-0.05, 0) is 13.3 Å². The summed E-state index contributed by atoms with van der Waals surface area (Å²) in [5.74, 6) is -2.20. The molecule has 1 saturated heterocycles.